The van der Waals surface area contributed by atoms with Crippen LogP contribution >= 0.6 is 11.8 Å². The first-order valence-corrected chi connectivity index (χ1v) is 11.8. The van der Waals surface area contributed by atoms with Crippen LogP contribution in [-0.4, -0.2) is 33.5 Å². The number of nitro benzene ring substituents is 1. The number of benzene rings is 3. The number of hydrogen-bond donors (Lipinski definition) is 0. The monoisotopic (exact) mass is 522 g/mol. The highest BCUT2D eigenvalue weighted by atomic mass is 32.2. The van der Waals surface area contributed by atoms with Crippen LogP contribution in [0.15, 0.2) is 71.6 Å². The number of non-ortho nitro benzene ring substituents is 1. The Hall–Kier alpha value is -4.51. The molecule has 1 aliphatic rings. The van der Waals surface area contributed by atoms with Gasteiger partial charge in [0.2, 0.25) is 0 Å². The van der Waals surface area contributed by atoms with Crippen LogP contribution in [0.25, 0.3) is 6.08 Å². The van der Waals surface area contributed by atoms with Crippen molar-refractivity contribution in [1.82, 2.24) is 4.90 Å². The van der Waals surface area contributed by atoms with Crippen molar-refractivity contribution in [3.8, 4) is 11.5 Å². The van der Waals surface area contributed by atoms with Crippen LogP contribution in [0.2, 0.25) is 0 Å². The fourth-order valence-corrected chi connectivity index (χ4v) is 4.27. The first-order chi connectivity index (χ1) is 17.8. The molecule has 1 heterocycles. The maximum absolute atomic E-state index is 14.0. The summed E-state index contributed by atoms with van der Waals surface area (Å²) >= 11 is 0.738. The standard InChI is InChI=1S/C26H19FN2O7S/c1-2-35-22-13-16(7-12-21(22)36-25(31)17-8-10-19(11-9-17)29(33)34)14-23-24(30)28(26(32)37-23)15-18-5-3-4-6-20(18)27/h3-14H,2,15H2,1H3/b23-14-. The molecule has 3 aromatic carbocycles. The number of ether oxygens (including phenoxy) is 2. The van der Waals surface area contributed by atoms with Gasteiger partial charge in [-0.05, 0) is 60.7 Å². The van der Waals surface area contributed by atoms with Gasteiger partial charge in [0.1, 0.15) is 5.82 Å². The summed E-state index contributed by atoms with van der Waals surface area (Å²) < 4.78 is 25.0. The van der Waals surface area contributed by atoms with Crippen LogP contribution in [0, 0.1) is 15.9 Å². The molecule has 1 aliphatic heterocycles. The van der Waals surface area contributed by atoms with Gasteiger partial charge in [0.25, 0.3) is 16.8 Å². The number of hydrogen-bond acceptors (Lipinski definition) is 8. The molecule has 0 atom stereocenters. The molecule has 0 aromatic heterocycles. The van der Waals surface area contributed by atoms with Gasteiger partial charge in [0.05, 0.1) is 28.5 Å². The third kappa shape index (κ3) is 5.84. The topological polar surface area (TPSA) is 116 Å². The molecule has 188 valence electrons. The number of carbonyl (C=O) groups excluding carboxylic acids is 3. The molecule has 4 rings (SSSR count). The van der Waals surface area contributed by atoms with Crippen LogP contribution in [0.5, 0.6) is 11.5 Å². The Kier molecular flexibility index (Phi) is 7.63. The van der Waals surface area contributed by atoms with Crippen molar-refractivity contribution in [1.29, 1.82) is 0 Å². The second kappa shape index (κ2) is 11.0. The van der Waals surface area contributed by atoms with Crippen LogP contribution < -0.4 is 9.47 Å². The number of rotatable bonds is 8. The van der Waals surface area contributed by atoms with Gasteiger partial charge in [0, 0.05) is 17.7 Å². The molecule has 3 aromatic rings. The fraction of sp³-hybridized carbons (Fsp3) is 0.115. The second-order valence-electron chi connectivity index (χ2n) is 7.69. The van der Waals surface area contributed by atoms with Crippen LogP contribution in [0.1, 0.15) is 28.4 Å². The molecule has 0 N–H and O–H groups in total. The summed E-state index contributed by atoms with van der Waals surface area (Å²) in [5.41, 5.74) is 0.689. The fourth-order valence-electron chi connectivity index (χ4n) is 3.43. The highest BCUT2D eigenvalue weighted by Crippen LogP contribution is 2.36. The van der Waals surface area contributed by atoms with Gasteiger partial charge in [-0.1, -0.05) is 24.3 Å². The van der Waals surface area contributed by atoms with E-state index in [0.29, 0.717) is 5.56 Å². The van der Waals surface area contributed by atoms with Gasteiger partial charge in [0.15, 0.2) is 11.5 Å². The second-order valence-corrected chi connectivity index (χ2v) is 8.69. The number of carbonyl (C=O) groups is 3. The molecule has 0 unspecified atom stereocenters. The molecular weight excluding hydrogens is 503 g/mol. The largest absolute Gasteiger partial charge is 0.490 e. The molecular formula is C26H19FN2O7S. The van der Waals surface area contributed by atoms with Crippen LogP contribution in [-0.2, 0) is 11.3 Å². The molecule has 1 saturated heterocycles. The van der Waals surface area contributed by atoms with Crippen molar-refractivity contribution in [3.63, 3.8) is 0 Å². The number of esters is 1. The van der Waals surface area contributed by atoms with Crippen LogP contribution in [0.3, 0.4) is 0 Å². The van der Waals surface area contributed by atoms with E-state index in [-0.39, 0.29) is 46.4 Å². The third-order valence-corrected chi connectivity index (χ3v) is 6.15. The molecule has 0 bridgehead atoms. The summed E-state index contributed by atoms with van der Waals surface area (Å²) in [5.74, 6) is -1.47. The normalized spacial score (nSPS) is 14.2. The zero-order valence-corrected chi connectivity index (χ0v) is 20.2. The van der Waals surface area contributed by atoms with Gasteiger partial charge in [-0.2, -0.15) is 0 Å². The van der Waals surface area contributed by atoms with E-state index in [1.165, 1.54) is 54.6 Å². The quantitative estimate of drug-likeness (QED) is 0.124. The Balaban J connectivity index is 1.53. The first kappa shape index (κ1) is 25.6. The lowest BCUT2D eigenvalue weighted by Gasteiger charge is -2.13. The minimum absolute atomic E-state index is 0.106. The van der Waals surface area contributed by atoms with E-state index in [1.807, 2.05) is 0 Å². The SMILES string of the molecule is CCOc1cc(/C=C2\SC(=O)N(Cc3ccccc3F)C2=O)ccc1OC(=O)c1ccc([N+](=O)[O-])cc1. The predicted molar refractivity (Wildman–Crippen MR) is 134 cm³/mol. The minimum atomic E-state index is -0.738. The minimum Gasteiger partial charge on any atom is -0.490 e. The van der Waals surface area contributed by atoms with E-state index >= 15 is 0 Å². The smallest absolute Gasteiger partial charge is 0.343 e. The molecule has 0 radical (unpaired) electrons. The van der Waals surface area contributed by atoms with E-state index in [4.69, 9.17) is 9.47 Å². The van der Waals surface area contributed by atoms with Gasteiger partial charge in [-0.15, -0.1) is 0 Å². The van der Waals surface area contributed by atoms with Crippen molar-refractivity contribution >= 4 is 40.6 Å². The Morgan fingerprint density at radius 3 is 2.49 bits per heavy atom. The Morgan fingerprint density at radius 2 is 1.81 bits per heavy atom. The summed E-state index contributed by atoms with van der Waals surface area (Å²) in [4.78, 5) is 49.1. The Bertz CT molecular complexity index is 1420. The Morgan fingerprint density at radius 1 is 1.08 bits per heavy atom. The van der Waals surface area contributed by atoms with E-state index in [1.54, 1.807) is 25.1 Å². The van der Waals surface area contributed by atoms with Crippen molar-refractivity contribution in [2.75, 3.05) is 6.61 Å². The van der Waals surface area contributed by atoms with Gasteiger partial charge >= 0.3 is 5.97 Å². The molecule has 9 nitrogen and oxygen atoms in total. The maximum Gasteiger partial charge on any atom is 0.343 e. The summed E-state index contributed by atoms with van der Waals surface area (Å²) in [7, 11) is 0. The lowest BCUT2D eigenvalue weighted by Crippen LogP contribution is -2.27. The lowest BCUT2D eigenvalue weighted by atomic mass is 10.1. The molecule has 2 amide bonds. The van der Waals surface area contributed by atoms with E-state index in [2.05, 4.69) is 0 Å². The highest BCUT2D eigenvalue weighted by molar-refractivity contribution is 8.18. The van der Waals surface area contributed by atoms with Crippen LogP contribution in [0.4, 0.5) is 14.9 Å². The zero-order valence-electron chi connectivity index (χ0n) is 19.4. The predicted octanol–water partition coefficient (Wildman–Crippen LogP) is 5.59. The lowest BCUT2D eigenvalue weighted by molar-refractivity contribution is -0.384. The number of nitrogens with zero attached hydrogens (tertiary/aromatic N) is 2. The van der Waals surface area contributed by atoms with E-state index < -0.39 is 27.9 Å². The molecule has 0 aliphatic carbocycles. The zero-order chi connectivity index (χ0) is 26.5. The molecule has 0 saturated carbocycles. The summed E-state index contributed by atoms with van der Waals surface area (Å²) in [6, 6.07) is 15.5. The average molecular weight is 523 g/mol. The molecule has 1 fully saturated rings. The van der Waals surface area contributed by atoms with Crippen molar-refractivity contribution < 1.29 is 33.2 Å². The van der Waals surface area contributed by atoms with Crippen molar-refractivity contribution in [2.45, 2.75) is 13.5 Å². The maximum atomic E-state index is 14.0. The number of halogens is 1. The summed E-state index contributed by atoms with van der Waals surface area (Å²) in [6.45, 7) is 1.81. The number of nitro groups is 1. The van der Waals surface area contributed by atoms with Gasteiger partial charge in [-0.3, -0.25) is 24.6 Å². The Labute approximate surface area is 214 Å². The van der Waals surface area contributed by atoms with Crippen molar-refractivity contribution in [2.24, 2.45) is 0 Å². The summed E-state index contributed by atoms with van der Waals surface area (Å²) in [6.07, 6.45) is 1.50. The van der Waals surface area contributed by atoms with Crippen molar-refractivity contribution in [3.05, 3.63) is 104 Å². The number of imide groups is 1. The van der Waals surface area contributed by atoms with Gasteiger partial charge < -0.3 is 9.47 Å². The molecule has 11 heteroatoms. The van der Waals surface area contributed by atoms with E-state index in [0.717, 1.165) is 16.7 Å². The molecule has 0 spiro atoms. The highest BCUT2D eigenvalue weighted by Gasteiger charge is 2.35. The average Bonchev–Trinajstić information content (AvgIpc) is 3.14. The number of thioether (sulfide) groups is 1. The number of amides is 2. The van der Waals surface area contributed by atoms with Gasteiger partial charge in [-0.25, -0.2) is 9.18 Å². The third-order valence-electron chi connectivity index (χ3n) is 5.24. The molecule has 37 heavy (non-hydrogen) atoms. The van der Waals surface area contributed by atoms with E-state index in [9.17, 15) is 28.9 Å². The first-order valence-electron chi connectivity index (χ1n) is 11.0. The summed E-state index contributed by atoms with van der Waals surface area (Å²) in [5, 5.41) is 10.3.